The van der Waals surface area contributed by atoms with Crippen LogP contribution in [0.4, 0.5) is 0 Å². The van der Waals surface area contributed by atoms with E-state index in [1.165, 1.54) is 0 Å². The molecule has 0 aliphatic carbocycles. The Morgan fingerprint density at radius 2 is 1.77 bits per heavy atom. The van der Waals surface area contributed by atoms with Gasteiger partial charge in [-0.15, -0.1) is 0 Å². The highest BCUT2D eigenvalue weighted by Gasteiger charge is 2.42. The normalized spacial score (nSPS) is 19.3. The summed E-state index contributed by atoms with van der Waals surface area (Å²) in [7, 11) is 3.36. The molecular formula is C21H24N2O3. The number of hydrogen-bond donors (Lipinski definition) is 1. The van der Waals surface area contributed by atoms with Crippen LogP contribution in [-0.4, -0.2) is 36.9 Å². The van der Waals surface area contributed by atoms with Gasteiger partial charge in [-0.05, 0) is 43.2 Å². The number of hydrogen-bond acceptors (Lipinski definition) is 3. The minimum absolute atomic E-state index is 0.0223. The molecule has 2 amide bonds. The van der Waals surface area contributed by atoms with Gasteiger partial charge in [0.15, 0.2) is 0 Å². The first-order valence-electron chi connectivity index (χ1n) is 8.74. The maximum atomic E-state index is 13.1. The molecule has 1 aliphatic rings. The fraction of sp³-hybridized carbons (Fsp3) is 0.333. The predicted octanol–water partition coefficient (Wildman–Crippen LogP) is 3.13. The Balaban J connectivity index is 2.12. The summed E-state index contributed by atoms with van der Waals surface area (Å²) in [5.74, 6) is 0.120. The first-order chi connectivity index (χ1) is 12.4. The molecule has 1 N–H and O–H groups in total. The van der Waals surface area contributed by atoms with Gasteiger partial charge >= 0.3 is 0 Å². The molecule has 2 atom stereocenters. The lowest BCUT2D eigenvalue weighted by atomic mass is 9.79. The third kappa shape index (κ3) is 3.17. The van der Waals surface area contributed by atoms with Gasteiger partial charge in [0.2, 0.25) is 5.91 Å². The van der Waals surface area contributed by atoms with Crippen molar-refractivity contribution in [2.24, 2.45) is 0 Å². The van der Waals surface area contributed by atoms with Crippen LogP contribution in [0.1, 0.15) is 47.3 Å². The maximum Gasteiger partial charge on any atom is 0.254 e. The molecule has 5 nitrogen and oxygen atoms in total. The number of nitrogens with one attached hydrogen (secondary N) is 1. The van der Waals surface area contributed by atoms with Gasteiger partial charge in [0, 0.05) is 18.7 Å². The van der Waals surface area contributed by atoms with E-state index in [1.54, 1.807) is 25.1 Å². The molecule has 0 unspecified atom stereocenters. The van der Waals surface area contributed by atoms with Crippen molar-refractivity contribution < 1.29 is 14.3 Å². The van der Waals surface area contributed by atoms with Crippen LogP contribution < -0.4 is 10.1 Å². The molecule has 5 heteroatoms. The summed E-state index contributed by atoms with van der Waals surface area (Å²) in [6.45, 7) is 3.87. The van der Waals surface area contributed by atoms with Crippen molar-refractivity contribution in [1.82, 2.24) is 10.2 Å². The fourth-order valence-corrected chi connectivity index (χ4v) is 3.55. The maximum absolute atomic E-state index is 13.1. The smallest absolute Gasteiger partial charge is 0.254 e. The second-order valence-electron chi connectivity index (χ2n) is 6.86. The number of methoxy groups -OCH3 is 1. The number of ether oxygens (including phenoxy) is 1. The number of carbonyl (C=O) groups excluding carboxylic acids is 2. The van der Waals surface area contributed by atoms with Crippen molar-refractivity contribution >= 4 is 11.8 Å². The molecule has 0 saturated heterocycles. The third-order valence-electron chi connectivity index (χ3n) is 4.75. The lowest BCUT2D eigenvalue weighted by molar-refractivity contribution is -0.124. The Labute approximate surface area is 154 Å². The zero-order valence-electron chi connectivity index (χ0n) is 15.5. The molecule has 1 aliphatic heterocycles. The van der Waals surface area contributed by atoms with Crippen molar-refractivity contribution in [3.8, 4) is 5.75 Å². The standard InChI is InChI=1S/C21H24N2O3/c1-13(2)22-20(24)18-16-7-5-6-8-17(16)21(25)23(3)19(18)14-9-11-15(26-4)12-10-14/h5-13,18-19H,1-4H3,(H,22,24)/t18-,19-/m1/s1. The summed E-state index contributed by atoms with van der Waals surface area (Å²) >= 11 is 0. The number of likely N-dealkylation sites (N-methyl/N-ethyl adjacent to an activating group) is 1. The van der Waals surface area contributed by atoms with Gasteiger partial charge in [-0.1, -0.05) is 30.3 Å². The van der Waals surface area contributed by atoms with Crippen molar-refractivity contribution in [3.05, 3.63) is 65.2 Å². The topological polar surface area (TPSA) is 58.6 Å². The van der Waals surface area contributed by atoms with Crippen LogP contribution in [0.15, 0.2) is 48.5 Å². The summed E-state index contributed by atoms with van der Waals surface area (Å²) in [4.78, 5) is 27.6. The molecule has 1 heterocycles. The Bertz CT molecular complexity index is 814. The van der Waals surface area contributed by atoms with Crippen LogP contribution in [-0.2, 0) is 4.79 Å². The molecule has 0 fully saturated rings. The molecule has 0 bridgehead atoms. The van der Waals surface area contributed by atoms with Crippen molar-refractivity contribution in [3.63, 3.8) is 0 Å². The molecule has 0 saturated carbocycles. The molecule has 0 spiro atoms. The Hall–Kier alpha value is -2.82. The summed E-state index contributed by atoms with van der Waals surface area (Å²) in [6, 6.07) is 14.5. The van der Waals surface area contributed by atoms with E-state index in [0.29, 0.717) is 5.56 Å². The largest absolute Gasteiger partial charge is 0.497 e. The minimum Gasteiger partial charge on any atom is -0.497 e. The summed E-state index contributed by atoms with van der Waals surface area (Å²) < 4.78 is 5.23. The lowest BCUT2D eigenvalue weighted by Gasteiger charge is -2.40. The zero-order valence-corrected chi connectivity index (χ0v) is 15.5. The molecule has 2 aromatic carbocycles. The van der Waals surface area contributed by atoms with E-state index in [9.17, 15) is 9.59 Å². The Morgan fingerprint density at radius 3 is 2.38 bits per heavy atom. The van der Waals surface area contributed by atoms with Crippen molar-refractivity contribution in [2.75, 3.05) is 14.2 Å². The van der Waals surface area contributed by atoms with Crippen molar-refractivity contribution in [1.29, 1.82) is 0 Å². The summed E-state index contributed by atoms with van der Waals surface area (Å²) in [5.41, 5.74) is 2.26. The van der Waals surface area contributed by atoms with Crippen molar-refractivity contribution in [2.45, 2.75) is 31.8 Å². The van der Waals surface area contributed by atoms with E-state index in [-0.39, 0.29) is 23.9 Å². The second kappa shape index (κ2) is 7.20. The second-order valence-corrected chi connectivity index (χ2v) is 6.86. The van der Waals surface area contributed by atoms with E-state index in [4.69, 9.17) is 4.74 Å². The number of amides is 2. The van der Waals surface area contributed by atoms with Crippen LogP contribution >= 0.6 is 0 Å². The number of nitrogens with zero attached hydrogens (tertiary/aromatic N) is 1. The molecule has 136 valence electrons. The Kier molecular flexibility index (Phi) is 4.98. The van der Waals surface area contributed by atoms with E-state index >= 15 is 0 Å². The third-order valence-corrected chi connectivity index (χ3v) is 4.75. The monoisotopic (exact) mass is 352 g/mol. The molecule has 0 aromatic heterocycles. The molecule has 3 rings (SSSR count). The summed E-state index contributed by atoms with van der Waals surface area (Å²) in [5, 5.41) is 3.01. The first kappa shape index (κ1) is 18.0. The van der Waals surface area contributed by atoms with Gasteiger partial charge in [0.25, 0.3) is 5.91 Å². The van der Waals surface area contributed by atoms with Crippen LogP contribution in [0.5, 0.6) is 5.75 Å². The van der Waals surface area contributed by atoms with Crippen LogP contribution in [0.3, 0.4) is 0 Å². The van der Waals surface area contributed by atoms with Crippen LogP contribution in [0.25, 0.3) is 0 Å². The van der Waals surface area contributed by atoms with E-state index in [1.807, 2.05) is 56.3 Å². The van der Waals surface area contributed by atoms with E-state index < -0.39 is 5.92 Å². The molecular weight excluding hydrogens is 328 g/mol. The van der Waals surface area contributed by atoms with E-state index in [2.05, 4.69) is 5.32 Å². The summed E-state index contributed by atoms with van der Waals surface area (Å²) in [6.07, 6.45) is 0. The lowest BCUT2D eigenvalue weighted by Crippen LogP contribution is -2.46. The fourth-order valence-electron chi connectivity index (χ4n) is 3.55. The van der Waals surface area contributed by atoms with Gasteiger partial charge < -0.3 is 15.0 Å². The zero-order chi connectivity index (χ0) is 18.8. The molecule has 2 aromatic rings. The minimum atomic E-state index is -0.468. The van der Waals surface area contributed by atoms with E-state index in [0.717, 1.165) is 16.9 Å². The highest BCUT2D eigenvalue weighted by atomic mass is 16.5. The highest BCUT2D eigenvalue weighted by Crippen LogP contribution is 2.42. The van der Waals surface area contributed by atoms with Gasteiger partial charge in [-0.3, -0.25) is 9.59 Å². The van der Waals surface area contributed by atoms with Gasteiger partial charge in [-0.25, -0.2) is 0 Å². The highest BCUT2D eigenvalue weighted by molar-refractivity contribution is 6.01. The first-order valence-corrected chi connectivity index (χ1v) is 8.74. The number of rotatable bonds is 4. The predicted molar refractivity (Wildman–Crippen MR) is 100 cm³/mol. The van der Waals surface area contributed by atoms with Crippen LogP contribution in [0.2, 0.25) is 0 Å². The number of benzene rings is 2. The average molecular weight is 352 g/mol. The molecule has 0 radical (unpaired) electrons. The Morgan fingerprint density at radius 1 is 1.12 bits per heavy atom. The number of carbonyl (C=O) groups is 2. The van der Waals surface area contributed by atoms with Gasteiger partial charge in [0.05, 0.1) is 19.1 Å². The van der Waals surface area contributed by atoms with Gasteiger partial charge in [-0.2, -0.15) is 0 Å². The van der Waals surface area contributed by atoms with Crippen LogP contribution in [0, 0.1) is 0 Å². The quantitative estimate of drug-likeness (QED) is 0.920. The average Bonchev–Trinajstić information content (AvgIpc) is 2.64. The SMILES string of the molecule is COc1ccc([C@@H]2[C@H](C(=O)NC(C)C)c3ccccc3C(=O)N2C)cc1. The number of fused-ring (bicyclic) bond motifs is 1. The van der Waals surface area contributed by atoms with Gasteiger partial charge in [0.1, 0.15) is 5.75 Å². The molecule has 26 heavy (non-hydrogen) atoms.